The average Bonchev–Trinajstić information content (AvgIpc) is 2.93. The van der Waals surface area contributed by atoms with Gasteiger partial charge in [-0.15, -0.1) is 11.3 Å². The van der Waals surface area contributed by atoms with E-state index in [1.165, 1.54) is 49.2 Å². The number of thiazole rings is 1. The van der Waals surface area contributed by atoms with Crippen LogP contribution in [-0.2, 0) is 5.54 Å². The molecule has 2 aliphatic rings. The Morgan fingerprint density at radius 1 is 1.42 bits per heavy atom. The summed E-state index contributed by atoms with van der Waals surface area (Å²) < 4.78 is 0. The van der Waals surface area contributed by atoms with Crippen molar-refractivity contribution in [2.45, 2.75) is 76.8 Å². The van der Waals surface area contributed by atoms with E-state index in [0.29, 0.717) is 5.92 Å². The van der Waals surface area contributed by atoms with Crippen LogP contribution in [0.2, 0.25) is 0 Å². The van der Waals surface area contributed by atoms with Crippen molar-refractivity contribution >= 4 is 11.3 Å². The van der Waals surface area contributed by atoms with Gasteiger partial charge in [0, 0.05) is 11.4 Å². The molecule has 0 aliphatic heterocycles. The lowest BCUT2D eigenvalue weighted by Gasteiger charge is -2.35. The van der Waals surface area contributed by atoms with Crippen molar-refractivity contribution in [1.29, 1.82) is 0 Å². The quantitative estimate of drug-likeness (QED) is 0.862. The van der Waals surface area contributed by atoms with Crippen LogP contribution in [0.3, 0.4) is 0 Å². The zero-order valence-electron chi connectivity index (χ0n) is 12.4. The Balaban J connectivity index is 1.92. The second-order valence-electron chi connectivity index (χ2n) is 6.62. The summed E-state index contributed by atoms with van der Waals surface area (Å²) in [5.41, 5.74) is 1.48. The van der Waals surface area contributed by atoms with Crippen LogP contribution in [0.15, 0.2) is 5.38 Å². The molecule has 3 rings (SSSR count). The summed E-state index contributed by atoms with van der Waals surface area (Å²) in [5.74, 6) is 1.32. The van der Waals surface area contributed by atoms with Crippen molar-refractivity contribution in [2.75, 3.05) is 0 Å². The molecule has 0 saturated heterocycles. The molecule has 1 aromatic heterocycles. The molecule has 1 heterocycles. The van der Waals surface area contributed by atoms with Gasteiger partial charge in [0.1, 0.15) is 5.01 Å². The Labute approximate surface area is 121 Å². The molecule has 0 aromatic carbocycles. The molecule has 19 heavy (non-hydrogen) atoms. The first-order valence-corrected chi connectivity index (χ1v) is 8.77. The summed E-state index contributed by atoms with van der Waals surface area (Å²) in [6.07, 6.45) is 8.01. The van der Waals surface area contributed by atoms with Crippen molar-refractivity contribution in [2.24, 2.45) is 5.92 Å². The summed E-state index contributed by atoms with van der Waals surface area (Å²) in [6.45, 7) is 6.83. The molecule has 0 amide bonds. The molecule has 2 aliphatic carbocycles. The Kier molecular flexibility index (Phi) is 3.69. The minimum atomic E-state index is 0.202. The van der Waals surface area contributed by atoms with Crippen LogP contribution < -0.4 is 5.32 Å². The minimum absolute atomic E-state index is 0.202. The van der Waals surface area contributed by atoms with Gasteiger partial charge in [-0.1, -0.05) is 33.6 Å². The number of hydrogen-bond acceptors (Lipinski definition) is 3. The Hall–Kier alpha value is -0.410. The summed E-state index contributed by atoms with van der Waals surface area (Å²) >= 11 is 1.89. The molecular formula is C16H26N2S. The van der Waals surface area contributed by atoms with Crippen LogP contribution >= 0.6 is 11.3 Å². The molecule has 0 radical (unpaired) electrons. The normalized spacial score (nSPS) is 31.3. The van der Waals surface area contributed by atoms with E-state index in [2.05, 4.69) is 31.5 Å². The predicted octanol–water partition coefficient (Wildman–Crippen LogP) is 4.42. The lowest BCUT2D eigenvalue weighted by atomic mass is 9.85. The van der Waals surface area contributed by atoms with E-state index in [0.717, 1.165) is 12.0 Å². The first kappa shape index (κ1) is 13.6. The van der Waals surface area contributed by atoms with E-state index >= 15 is 0 Å². The van der Waals surface area contributed by atoms with E-state index in [1.54, 1.807) is 0 Å². The zero-order valence-corrected chi connectivity index (χ0v) is 13.2. The maximum absolute atomic E-state index is 5.00. The summed E-state index contributed by atoms with van der Waals surface area (Å²) in [7, 11) is 0. The molecule has 2 saturated carbocycles. The Morgan fingerprint density at radius 2 is 2.21 bits per heavy atom. The number of rotatable bonds is 5. The highest BCUT2D eigenvalue weighted by Gasteiger charge is 2.47. The van der Waals surface area contributed by atoms with Crippen molar-refractivity contribution < 1.29 is 0 Å². The summed E-state index contributed by atoms with van der Waals surface area (Å²) in [6, 6.07) is 0.763. The van der Waals surface area contributed by atoms with Crippen molar-refractivity contribution in [3.05, 3.63) is 16.1 Å². The highest BCUT2D eigenvalue weighted by molar-refractivity contribution is 7.09. The van der Waals surface area contributed by atoms with E-state index in [-0.39, 0.29) is 5.54 Å². The smallest absolute Gasteiger partial charge is 0.113 e. The van der Waals surface area contributed by atoms with Gasteiger partial charge in [0.25, 0.3) is 0 Å². The molecule has 2 fully saturated rings. The SMILES string of the molecule is CCC1CCCC1(NC1CC1)c1nc(C(C)C)cs1. The van der Waals surface area contributed by atoms with Crippen LogP contribution in [0.1, 0.15) is 75.9 Å². The fourth-order valence-electron chi connectivity index (χ4n) is 3.51. The highest BCUT2D eigenvalue weighted by atomic mass is 32.1. The van der Waals surface area contributed by atoms with Gasteiger partial charge in [-0.3, -0.25) is 0 Å². The van der Waals surface area contributed by atoms with Crippen molar-refractivity contribution in [3.8, 4) is 0 Å². The van der Waals surface area contributed by atoms with Gasteiger partial charge in [-0.05, 0) is 37.5 Å². The number of hydrogen-bond donors (Lipinski definition) is 1. The lowest BCUT2D eigenvalue weighted by Crippen LogP contribution is -2.46. The molecule has 2 nitrogen and oxygen atoms in total. The van der Waals surface area contributed by atoms with Crippen LogP contribution in [0.4, 0.5) is 0 Å². The van der Waals surface area contributed by atoms with Gasteiger partial charge in [0.2, 0.25) is 0 Å². The molecule has 106 valence electrons. The third-order valence-corrected chi connectivity index (χ3v) is 5.89. The fourth-order valence-corrected chi connectivity index (χ4v) is 4.77. The predicted molar refractivity (Wildman–Crippen MR) is 81.7 cm³/mol. The first-order chi connectivity index (χ1) is 9.15. The Bertz CT molecular complexity index is 436. The fraction of sp³-hybridized carbons (Fsp3) is 0.812. The third kappa shape index (κ3) is 2.47. The molecule has 2 atom stereocenters. The van der Waals surface area contributed by atoms with Gasteiger partial charge in [0.15, 0.2) is 0 Å². The van der Waals surface area contributed by atoms with E-state index < -0.39 is 0 Å². The molecule has 3 heteroatoms. The van der Waals surface area contributed by atoms with Gasteiger partial charge in [0.05, 0.1) is 11.2 Å². The largest absolute Gasteiger partial charge is 0.302 e. The monoisotopic (exact) mass is 278 g/mol. The van der Waals surface area contributed by atoms with E-state index in [9.17, 15) is 0 Å². The van der Waals surface area contributed by atoms with Gasteiger partial charge >= 0.3 is 0 Å². The minimum Gasteiger partial charge on any atom is -0.302 e. The molecule has 2 unspecified atom stereocenters. The average molecular weight is 278 g/mol. The molecular weight excluding hydrogens is 252 g/mol. The van der Waals surface area contributed by atoms with Gasteiger partial charge in [-0.2, -0.15) is 0 Å². The third-order valence-electron chi connectivity index (χ3n) is 4.85. The van der Waals surface area contributed by atoms with Gasteiger partial charge in [-0.25, -0.2) is 4.98 Å². The summed E-state index contributed by atoms with van der Waals surface area (Å²) in [4.78, 5) is 5.00. The van der Waals surface area contributed by atoms with Crippen LogP contribution in [0.25, 0.3) is 0 Å². The van der Waals surface area contributed by atoms with Crippen molar-refractivity contribution in [3.63, 3.8) is 0 Å². The molecule has 1 aromatic rings. The van der Waals surface area contributed by atoms with Crippen molar-refractivity contribution in [1.82, 2.24) is 10.3 Å². The maximum Gasteiger partial charge on any atom is 0.113 e. The number of nitrogens with zero attached hydrogens (tertiary/aromatic N) is 1. The van der Waals surface area contributed by atoms with E-state index in [1.807, 2.05) is 11.3 Å². The zero-order chi connectivity index (χ0) is 13.5. The maximum atomic E-state index is 5.00. The topological polar surface area (TPSA) is 24.9 Å². The second-order valence-corrected chi connectivity index (χ2v) is 7.48. The van der Waals surface area contributed by atoms with Gasteiger partial charge < -0.3 is 5.32 Å². The highest BCUT2D eigenvalue weighted by Crippen LogP contribution is 2.48. The Morgan fingerprint density at radius 3 is 2.79 bits per heavy atom. The van der Waals surface area contributed by atoms with Crippen LogP contribution in [-0.4, -0.2) is 11.0 Å². The standard InChI is InChI=1S/C16H26N2S/c1-4-12-6-5-9-16(12,18-13-7-8-13)15-17-14(10-19-15)11(2)3/h10-13,18H,4-9H2,1-3H3. The molecule has 0 bridgehead atoms. The molecule has 1 N–H and O–H groups in total. The molecule has 0 spiro atoms. The lowest BCUT2D eigenvalue weighted by molar-refractivity contribution is 0.236. The van der Waals surface area contributed by atoms with Crippen LogP contribution in [0, 0.1) is 5.92 Å². The number of aromatic nitrogens is 1. The summed E-state index contributed by atoms with van der Waals surface area (Å²) in [5, 5.41) is 7.63. The van der Waals surface area contributed by atoms with E-state index in [4.69, 9.17) is 4.98 Å². The number of nitrogens with one attached hydrogen (secondary N) is 1. The first-order valence-electron chi connectivity index (χ1n) is 7.89. The second kappa shape index (κ2) is 5.17. The van der Waals surface area contributed by atoms with Crippen LogP contribution in [0.5, 0.6) is 0 Å².